The van der Waals surface area contributed by atoms with Gasteiger partial charge in [-0.25, -0.2) is 13.6 Å². The van der Waals surface area contributed by atoms with Gasteiger partial charge in [0.1, 0.15) is 0 Å². The summed E-state index contributed by atoms with van der Waals surface area (Å²) in [6.45, 7) is 0.310. The highest BCUT2D eigenvalue weighted by Crippen LogP contribution is 2.31. The summed E-state index contributed by atoms with van der Waals surface area (Å²) in [6.07, 6.45) is -2.90. The summed E-state index contributed by atoms with van der Waals surface area (Å²) < 4.78 is 61.1. The van der Waals surface area contributed by atoms with E-state index in [4.69, 9.17) is 5.14 Å². The molecule has 0 fully saturated rings. The Morgan fingerprint density at radius 3 is 2.23 bits per heavy atom. The predicted molar refractivity (Wildman–Crippen MR) is 109 cm³/mol. The molecule has 0 saturated heterocycles. The quantitative estimate of drug-likeness (QED) is 0.602. The fraction of sp³-hybridized carbons (Fsp3) is 0.143. The van der Waals surface area contributed by atoms with Gasteiger partial charge in [0.15, 0.2) is 0 Å². The first-order chi connectivity index (χ1) is 14.5. The van der Waals surface area contributed by atoms with Crippen LogP contribution >= 0.6 is 0 Å². The Kier molecular flexibility index (Phi) is 6.42. The number of sulfonamides is 1. The minimum absolute atomic E-state index is 0.00985. The van der Waals surface area contributed by atoms with Crippen molar-refractivity contribution in [3.05, 3.63) is 83.6 Å². The second kappa shape index (κ2) is 8.86. The number of nitrogens with zero attached hydrogens (tertiary/aromatic N) is 1. The number of halogens is 3. The van der Waals surface area contributed by atoms with Crippen LogP contribution in [0.4, 0.5) is 13.2 Å². The van der Waals surface area contributed by atoms with E-state index in [1.807, 2.05) is 0 Å². The number of primary sulfonamides is 1. The number of carbonyl (C=O) groups is 1. The minimum Gasteiger partial charge on any atom is -0.352 e. The number of hydrogen-bond acceptors (Lipinski definition) is 4. The van der Waals surface area contributed by atoms with Gasteiger partial charge in [0.2, 0.25) is 10.0 Å². The Hall–Kier alpha value is -3.24. The third-order valence-electron chi connectivity index (χ3n) is 4.48. The maximum Gasteiger partial charge on any atom is 0.416 e. The Balaban J connectivity index is 1.59. The first kappa shape index (κ1) is 22.4. The lowest BCUT2D eigenvalue weighted by atomic mass is 10.1. The molecule has 6 nitrogen and oxygen atoms in total. The van der Waals surface area contributed by atoms with Crippen LogP contribution in [-0.2, 0) is 22.6 Å². The third kappa shape index (κ3) is 5.89. The van der Waals surface area contributed by atoms with Gasteiger partial charge in [0.05, 0.1) is 16.2 Å². The third-order valence-corrected chi connectivity index (χ3v) is 5.41. The molecule has 10 heteroatoms. The molecule has 0 unspecified atom stereocenters. The first-order valence-electron chi connectivity index (χ1n) is 9.08. The van der Waals surface area contributed by atoms with Crippen LogP contribution in [-0.4, -0.2) is 25.9 Å². The molecule has 0 aliphatic rings. The molecule has 0 bridgehead atoms. The molecule has 0 spiro atoms. The molecule has 3 N–H and O–H groups in total. The molecule has 0 saturated carbocycles. The molecule has 0 atom stereocenters. The second-order valence-electron chi connectivity index (χ2n) is 6.70. The Morgan fingerprint density at radius 2 is 1.65 bits per heavy atom. The maximum atomic E-state index is 12.9. The first-order valence-corrected chi connectivity index (χ1v) is 10.6. The topological polar surface area (TPSA) is 102 Å². The van der Waals surface area contributed by atoms with Gasteiger partial charge in [0, 0.05) is 23.9 Å². The van der Waals surface area contributed by atoms with Gasteiger partial charge in [-0.1, -0.05) is 24.3 Å². The zero-order valence-corrected chi connectivity index (χ0v) is 16.9. The van der Waals surface area contributed by atoms with Gasteiger partial charge in [0.25, 0.3) is 5.91 Å². The van der Waals surface area contributed by atoms with Gasteiger partial charge in [-0.15, -0.1) is 0 Å². The van der Waals surface area contributed by atoms with Crippen LogP contribution in [0.5, 0.6) is 0 Å². The maximum absolute atomic E-state index is 12.9. The van der Waals surface area contributed by atoms with Crippen molar-refractivity contribution in [2.45, 2.75) is 17.5 Å². The van der Waals surface area contributed by atoms with E-state index in [-0.39, 0.29) is 16.5 Å². The average molecular weight is 449 g/mol. The SMILES string of the molecule is NS(=O)(=O)c1ccc(CCNC(=O)c2ccc(-c3cc(C(F)(F)F)ccn3)cc2)cc1. The summed E-state index contributed by atoms with van der Waals surface area (Å²) in [6, 6.07) is 13.9. The molecule has 31 heavy (non-hydrogen) atoms. The van der Waals surface area contributed by atoms with E-state index in [0.29, 0.717) is 24.1 Å². The molecule has 162 valence electrons. The molecular weight excluding hydrogens is 431 g/mol. The standard InChI is InChI=1S/C21H18F3N3O3S/c22-21(23,24)17-10-12-26-19(13-17)15-3-5-16(6-4-15)20(28)27-11-9-14-1-7-18(8-2-14)31(25,29)30/h1-8,10,12-13H,9,11H2,(H,27,28)(H2,25,29,30). The molecule has 2 aromatic carbocycles. The van der Waals surface area contributed by atoms with E-state index in [1.165, 1.54) is 36.4 Å². The Morgan fingerprint density at radius 1 is 1.00 bits per heavy atom. The molecule has 3 rings (SSSR count). The largest absolute Gasteiger partial charge is 0.416 e. The summed E-state index contributed by atoms with van der Waals surface area (Å²) in [7, 11) is -3.75. The van der Waals surface area contributed by atoms with E-state index >= 15 is 0 Å². The van der Waals surface area contributed by atoms with Crippen LogP contribution in [0.3, 0.4) is 0 Å². The predicted octanol–water partition coefficient (Wildman–Crippen LogP) is 3.39. The summed E-state index contributed by atoms with van der Waals surface area (Å²) in [5.41, 5.74) is 0.984. The fourth-order valence-corrected chi connectivity index (χ4v) is 3.34. The minimum atomic E-state index is -4.46. The van der Waals surface area contributed by atoms with Crippen molar-refractivity contribution in [1.82, 2.24) is 10.3 Å². The lowest BCUT2D eigenvalue weighted by Crippen LogP contribution is -2.25. The molecule has 3 aromatic rings. The highest BCUT2D eigenvalue weighted by Gasteiger charge is 2.30. The highest BCUT2D eigenvalue weighted by atomic mass is 32.2. The van der Waals surface area contributed by atoms with E-state index in [2.05, 4.69) is 10.3 Å². The van der Waals surface area contributed by atoms with Crippen molar-refractivity contribution < 1.29 is 26.4 Å². The molecule has 0 radical (unpaired) electrons. The summed E-state index contributed by atoms with van der Waals surface area (Å²) in [5.74, 6) is -0.343. The van der Waals surface area contributed by atoms with E-state index in [0.717, 1.165) is 23.9 Å². The van der Waals surface area contributed by atoms with Crippen LogP contribution in [0.15, 0.2) is 71.8 Å². The van der Waals surface area contributed by atoms with E-state index in [1.54, 1.807) is 12.1 Å². The number of rotatable bonds is 6. The van der Waals surface area contributed by atoms with Crippen LogP contribution in [0, 0.1) is 0 Å². The number of aromatic nitrogens is 1. The lowest BCUT2D eigenvalue weighted by molar-refractivity contribution is -0.137. The van der Waals surface area contributed by atoms with Crippen molar-refractivity contribution in [3.8, 4) is 11.3 Å². The number of nitrogens with one attached hydrogen (secondary N) is 1. The zero-order chi connectivity index (χ0) is 22.6. The van der Waals surface area contributed by atoms with Gasteiger partial charge in [-0.2, -0.15) is 13.2 Å². The number of amides is 1. The summed E-state index contributed by atoms with van der Waals surface area (Å²) >= 11 is 0. The van der Waals surface area contributed by atoms with Crippen LogP contribution in [0.25, 0.3) is 11.3 Å². The molecular formula is C21H18F3N3O3S. The second-order valence-corrected chi connectivity index (χ2v) is 8.26. The lowest BCUT2D eigenvalue weighted by Gasteiger charge is -2.09. The normalized spacial score (nSPS) is 11.9. The van der Waals surface area contributed by atoms with Crippen molar-refractivity contribution >= 4 is 15.9 Å². The molecule has 0 aliphatic heterocycles. The number of pyridine rings is 1. The Bertz CT molecular complexity index is 1180. The van der Waals surface area contributed by atoms with Gasteiger partial charge in [-0.3, -0.25) is 9.78 Å². The van der Waals surface area contributed by atoms with E-state index in [9.17, 15) is 26.4 Å². The molecule has 0 aliphatic carbocycles. The van der Waals surface area contributed by atoms with Gasteiger partial charge in [-0.05, 0) is 48.4 Å². The fourth-order valence-electron chi connectivity index (χ4n) is 2.83. The van der Waals surface area contributed by atoms with Crippen LogP contribution in [0.1, 0.15) is 21.5 Å². The number of benzene rings is 2. The number of hydrogen-bond donors (Lipinski definition) is 2. The van der Waals surface area contributed by atoms with Crippen LogP contribution < -0.4 is 10.5 Å². The molecule has 1 aromatic heterocycles. The van der Waals surface area contributed by atoms with Crippen molar-refractivity contribution in [2.24, 2.45) is 5.14 Å². The molecule has 1 heterocycles. The van der Waals surface area contributed by atoms with Crippen molar-refractivity contribution in [3.63, 3.8) is 0 Å². The zero-order valence-electron chi connectivity index (χ0n) is 16.1. The molecule has 1 amide bonds. The number of alkyl halides is 3. The summed E-state index contributed by atoms with van der Waals surface area (Å²) in [4.78, 5) is 16.2. The van der Waals surface area contributed by atoms with Gasteiger partial charge < -0.3 is 5.32 Å². The van der Waals surface area contributed by atoms with E-state index < -0.39 is 21.8 Å². The monoisotopic (exact) mass is 449 g/mol. The number of nitrogens with two attached hydrogens (primary N) is 1. The average Bonchev–Trinajstić information content (AvgIpc) is 2.73. The van der Waals surface area contributed by atoms with Crippen molar-refractivity contribution in [1.29, 1.82) is 0 Å². The van der Waals surface area contributed by atoms with Gasteiger partial charge >= 0.3 is 6.18 Å². The van der Waals surface area contributed by atoms with Crippen LogP contribution in [0.2, 0.25) is 0 Å². The smallest absolute Gasteiger partial charge is 0.352 e. The van der Waals surface area contributed by atoms with Crippen molar-refractivity contribution in [2.75, 3.05) is 6.54 Å². The Labute approximate surface area is 177 Å². The highest BCUT2D eigenvalue weighted by molar-refractivity contribution is 7.89. The summed E-state index contributed by atoms with van der Waals surface area (Å²) in [5, 5.41) is 7.78. The number of carbonyl (C=O) groups excluding carboxylic acids is 1.